The van der Waals surface area contributed by atoms with Crippen molar-refractivity contribution in [2.45, 2.75) is 40.2 Å². The van der Waals surface area contributed by atoms with E-state index in [1.165, 1.54) is 0 Å². The van der Waals surface area contributed by atoms with Gasteiger partial charge in [-0.3, -0.25) is 9.59 Å². The molecule has 2 aromatic heterocycles. The Balaban J connectivity index is 1.94. The smallest absolute Gasteiger partial charge is 0.294 e. The summed E-state index contributed by atoms with van der Waals surface area (Å²) >= 11 is 0. The van der Waals surface area contributed by atoms with E-state index in [0.717, 1.165) is 11.4 Å². The minimum atomic E-state index is -0.478. The number of amides is 2. The number of aromatic nitrogens is 4. The molecular formula is C16H22N6O2. The molecule has 1 atom stereocenters. The maximum Gasteiger partial charge on any atom is 0.294 e. The van der Waals surface area contributed by atoms with Crippen molar-refractivity contribution in [3.8, 4) is 0 Å². The SMILES string of the molecule is Cc1cc(C)n2nc(C(=O)N3CCNC(=O)C3CC(C)C)nc2n1. The molecule has 3 heterocycles. The maximum absolute atomic E-state index is 12.9. The molecule has 0 radical (unpaired) electrons. The molecule has 128 valence electrons. The minimum absolute atomic E-state index is 0.0830. The summed E-state index contributed by atoms with van der Waals surface area (Å²) in [5, 5.41) is 7.11. The van der Waals surface area contributed by atoms with Crippen molar-refractivity contribution < 1.29 is 9.59 Å². The first-order valence-corrected chi connectivity index (χ1v) is 8.16. The highest BCUT2D eigenvalue weighted by Gasteiger charge is 2.35. The number of carbonyl (C=O) groups is 2. The summed E-state index contributed by atoms with van der Waals surface area (Å²) in [6.45, 7) is 8.73. The molecule has 0 spiro atoms. The lowest BCUT2D eigenvalue weighted by molar-refractivity contribution is -0.128. The first-order chi connectivity index (χ1) is 11.4. The first-order valence-electron chi connectivity index (χ1n) is 8.16. The molecule has 0 bridgehead atoms. The molecule has 1 N–H and O–H groups in total. The van der Waals surface area contributed by atoms with E-state index in [9.17, 15) is 9.59 Å². The summed E-state index contributed by atoms with van der Waals surface area (Å²) in [5.74, 6) is 0.349. The van der Waals surface area contributed by atoms with E-state index in [-0.39, 0.29) is 17.6 Å². The summed E-state index contributed by atoms with van der Waals surface area (Å²) in [6, 6.07) is 1.40. The highest BCUT2D eigenvalue weighted by molar-refractivity contribution is 5.95. The van der Waals surface area contributed by atoms with E-state index in [1.54, 1.807) is 9.42 Å². The fourth-order valence-corrected chi connectivity index (χ4v) is 3.02. The molecule has 3 rings (SSSR count). The van der Waals surface area contributed by atoms with Gasteiger partial charge in [-0.25, -0.2) is 9.50 Å². The molecule has 24 heavy (non-hydrogen) atoms. The van der Waals surface area contributed by atoms with Crippen LogP contribution in [0.5, 0.6) is 0 Å². The zero-order valence-corrected chi connectivity index (χ0v) is 14.4. The average molecular weight is 330 g/mol. The predicted octanol–water partition coefficient (Wildman–Crippen LogP) is 0.728. The minimum Gasteiger partial charge on any atom is -0.353 e. The Hall–Kier alpha value is -2.51. The van der Waals surface area contributed by atoms with Gasteiger partial charge in [0.2, 0.25) is 11.7 Å². The Morgan fingerprint density at radius 2 is 2.12 bits per heavy atom. The normalized spacial score (nSPS) is 18.3. The number of carbonyl (C=O) groups excluding carboxylic acids is 2. The molecule has 1 saturated heterocycles. The van der Waals surface area contributed by atoms with Crippen molar-refractivity contribution >= 4 is 17.6 Å². The largest absolute Gasteiger partial charge is 0.353 e. The van der Waals surface area contributed by atoms with Gasteiger partial charge in [0.15, 0.2) is 0 Å². The number of hydrogen-bond donors (Lipinski definition) is 1. The van der Waals surface area contributed by atoms with Crippen LogP contribution in [0.2, 0.25) is 0 Å². The average Bonchev–Trinajstić information content (AvgIpc) is 2.92. The molecule has 8 heteroatoms. The quantitative estimate of drug-likeness (QED) is 0.895. The highest BCUT2D eigenvalue weighted by Crippen LogP contribution is 2.17. The molecule has 1 fully saturated rings. The van der Waals surface area contributed by atoms with Crippen molar-refractivity contribution in [3.05, 3.63) is 23.3 Å². The van der Waals surface area contributed by atoms with E-state index in [0.29, 0.717) is 31.2 Å². The predicted molar refractivity (Wildman–Crippen MR) is 87.5 cm³/mol. The van der Waals surface area contributed by atoms with Crippen LogP contribution in [0.15, 0.2) is 6.07 Å². The number of aryl methyl sites for hydroxylation is 2. The van der Waals surface area contributed by atoms with Gasteiger partial charge in [0.1, 0.15) is 6.04 Å². The Morgan fingerprint density at radius 3 is 2.83 bits per heavy atom. The van der Waals surface area contributed by atoms with Crippen LogP contribution in [0.4, 0.5) is 0 Å². The summed E-state index contributed by atoms with van der Waals surface area (Å²) in [7, 11) is 0. The summed E-state index contributed by atoms with van der Waals surface area (Å²) in [6.07, 6.45) is 0.612. The van der Waals surface area contributed by atoms with Crippen LogP contribution in [-0.2, 0) is 4.79 Å². The van der Waals surface area contributed by atoms with E-state index in [2.05, 4.69) is 20.4 Å². The standard InChI is InChI=1S/C16H22N6O2/c1-9(2)7-12-14(23)17-5-6-21(12)15(24)13-19-16-18-10(3)8-11(4)22(16)20-13/h8-9,12H,5-7H2,1-4H3,(H,17,23). The van der Waals surface area contributed by atoms with Crippen LogP contribution in [0, 0.1) is 19.8 Å². The summed E-state index contributed by atoms with van der Waals surface area (Å²) in [4.78, 5) is 35.2. The van der Waals surface area contributed by atoms with Crippen molar-refractivity contribution in [2.24, 2.45) is 5.92 Å². The highest BCUT2D eigenvalue weighted by atomic mass is 16.2. The Labute approximate surface area is 140 Å². The van der Waals surface area contributed by atoms with E-state index < -0.39 is 6.04 Å². The lowest BCUT2D eigenvalue weighted by atomic mass is 10.00. The fourth-order valence-electron chi connectivity index (χ4n) is 3.02. The monoisotopic (exact) mass is 330 g/mol. The van der Waals surface area contributed by atoms with Crippen molar-refractivity contribution in [1.82, 2.24) is 29.8 Å². The molecular weight excluding hydrogens is 308 g/mol. The van der Waals surface area contributed by atoms with Gasteiger partial charge in [-0.05, 0) is 32.3 Å². The second kappa shape index (κ2) is 6.18. The van der Waals surface area contributed by atoms with E-state index >= 15 is 0 Å². The number of nitrogens with zero attached hydrogens (tertiary/aromatic N) is 5. The van der Waals surface area contributed by atoms with Crippen molar-refractivity contribution in [2.75, 3.05) is 13.1 Å². The molecule has 1 unspecified atom stereocenters. The topological polar surface area (TPSA) is 92.5 Å². The number of nitrogens with one attached hydrogen (secondary N) is 1. The van der Waals surface area contributed by atoms with Crippen LogP contribution in [0.25, 0.3) is 5.78 Å². The second-order valence-corrected chi connectivity index (χ2v) is 6.62. The summed E-state index contributed by atoms with van der Waals surface area (Å²) < 4.78 is 1.56. The lowest BCUT2D eigenvalue weighted by Crippen LogP contribution is -2.57. The van der Waals surface area contributed by atoms with Gasteiger partial charge in [0.05, 0.1) is 0 Å². The second-order valence-electron chi connectivity index (χ2n) is 6.62. The molecule has 0 aromatic carbocycles. The maximum atomic E-state index is 12.9. The summed E-state index contributed by atoms with van der Waals surface area (Å²) in [5.41, 5.74) is 1.68. The van der Waals surface area contributed by atoms with Crippen molar-refractivity contribution in [1.29, 1.82) is 0 Å². The third kappa shape index (κ3) is 2.95. The fraction of sp³-hybridized carbons (Fsp3) is 0.562. The lowest BCUT2D eigenvalue weighted by Gasteiger charge is -2.35. The molecule has 0 saturated carbocycles. The van der Waals surface area contributed by atoms with Gasteiger partial charge >= 0.3 is 0 Å². The zero-order valence-electron chi connectivity index (χ0n) is 14.4. The van der Waals surface area contributed by atoms with Crippen LogP contribution in [0.3, 0.4) is 0 Å². The van der Waals surface area contributed by atoms with E-state index in [4.69, 9.17) is 0 Å². The number of piperazine rings is 1. The van der Waals surface area contributed by atoms with Gasteiger partial charge in [-0.15, -0.1) is 5.10 Å². The third-order valence-corrected chi connectivity index (χ3v) is 4.10. The van der Waals surface area contributed by atoms with E-state index in [1.807, 2.05) is 33.8 Å². The van der Waals surface area contributed by atoms with Crippen LogP contribution in [-0.4, -0.2) is 55.4 Å². The van der Waals surface area contributed by atoms with Crippen molar-refractivity contribution in [3.63, 3.8) is 0 Å². The van der Waals surface area contributed by atoms with Crippen LogP contribution >= 0.6 is 0 Å². The van der Waals surface area contributed by atoms with Crippen LogP contribution in [0.1, 0.15) is 42.3 Å². The number of fused-ring (bicyclic) bond motifs is 1. The number of rotatable bonds is 3. The Kier molecular flexibility index (Phi) is 4.21. The molecule has 8 nitrogen and oxygen atoms in total. The Bertz CT molecular complexity index is 797. The molecule has 1 aliphatic heterocycles. The van der Waals surface area contributed by atoms with Gasteiger partial charge in [0, 0.05) is 24.5 Å². The number of hydrogen-bond acceptors (Lipinski definition) is 5. The first kappa shape index (κ1) is 16.4. The van der Waals surface area contributed by atoms with Gasteiger partial charge in [-0.1, -0.05) is 13.8 Å². The molecule has 0 aliphatic carbocycles. The van der Waals surface area contributed by atoms with Gasteiger partial charge in [-0.2, -0.15) is 4.98 Å². The zero-order chi connectivity index (χ0) is 17.4. The van der Waals surface area contributed by atoms with Gasteiger partial charge < -0.3 is 10.2 Å². The molecule has 1 aliphatic rings. The molecule has 2 amide bonds. The van der Waals surface area contributed by atoms with Gasteiger partial charge in [0.25, 0.3) is 11.7 Å². The Morgan fingerprint density at radius 1 is 1.38 bits per heavy atom. The van der Waals surface area contributed by atoms with Crippen LogP contribution < -0.4 is 5.32 Å². The molecule has 2 aromatic rings. The third-order valence-electron chi connectivity index (χ3n) is 4.10.